The minimum Gasteiger partial charge on any atom is -0.446 e. The Morgan fingerprint density at radius 3 is 2.05 bits per heavy atom. The third-order valence-corrected chi connectivity index (χ3v) is 2.30. The van der Waals surface area contributed by atoms with Crippen molar-refractivity contribution in [2.24, 2.45) is 4.99 Å². The summed E-state index contributed by atoms with van der Waals surface area (Å²) in [4.78, 5) is 26.2. The number of carbonyl (C=O) groups is 2. The van der Waals surface area contributed by atoms with Crippen LogP contribution in [0.2, 0.25) is 0 Å². The van der Waals surface area contributed by atoms with Gasteiger partial charge >= 0.3 is 12.2 Å². The summed E-state index contributed by atoms with van der Waals surface area (Å²) in [6.45, 7) is 8.85. The normalized spacial score (nSPS) is 13.8. The Balaban J connectivity index is 0. The van der Waals surface area contributed by atoms with Crippen LogP contribution < -0.4 is 5.32 Å². The Bertz CT molecular complexity index is 321. The van der Waals surface area contributed by atoms with Crippen LogP contribution in [0.4, 0.5) is 9.59 Å². The molecule has 19 heavy (non-hydrogen) atoms. The molecule has 0 spiro atoms. The zero-order chi connectivity index (χ0) is 14.1. The summed E-state index contributed by atoms with van der Waals surface area (Å²) >= 11 is 0. The number of alkyl carbamates (subject to hydrolysis) is 1. The largest absolute Gasteiger partial charge is 0.446 e. The highest BCUT2D eigenvalue weighted by molar-refractivity contribution is 5.98. The first-order valence-electron chi connectivity index (χ1n) is 6.12. The summed E-state index contributed by atoms with van der Waals surface area (Å²) in [5.74, 6) is 0.150. The van der Waals surface area contributed by atoms with Crippen molar-refractivity contribution >= 4 is 30.4 Å². The van der Waals surface area contributed by atoms with Gasteiger partial charge in [-0.1, -0.05) is 13.8 Å². The minimum atomic E-state index is -0.717. The lowest BCUT2D eigenvalue weighted by molar-refractivity contribution is 0.109. The zero-order valence-corrected chi connectivity index (χ0v) is 12.9. The number of amides is 2. The van der Waals surface area contributed by atoms with Gasteiger partial charge in [-0.2, -0.15) is 4.99 Å². The van der Waals surface area contributed by atoms with Gasteiger partial charge in [-0.05, 0) is 33.6 Å². The van der Waals surface area contributed by atoms with E-state index < -0.39 is 12.2 Å². The molecule has 0 radical (unpaired) electrons. The first-order valence-corrected chi connectivity index (χ1v) is 6.12. The van der Waals surface area contributed by atoms with Crippen molar-refractivity contribution in [1.29, 1.82) is 0 Å². The number of nitrogens with zero attached hydrogens (tertiary/aromatic N) is 1. The summed E-state index contributed by atoms with van der Waals surface area (Å²) < 4.78 is 9.91. The Labute approximate surface area is 120 Å². The van der Waals surface area contributed by atoms with Crippen molar-refractivity contribution in [2.75, 3.05) is 0 Å². The number of halogens is 1. The van der Waals surface area contributed by atoms with Crippen molar-refractivity contribution in [3.63, 3.8) is 0 Å². The van der Waals surface area contributed by atoms with Gasteiger partial charge in [0.25, 0.3) is 0 Å². The van der Waals surface area contributed by atoms with Gasteiger partial charge in [0.1, 0.15) is 18.0 Å². The van der Waals surface area contributed by atoms with E-state index in [1.165, 1.54) is 6.92 Å². The number of aliphatic imine (C=N–C) groups is 1. The molecule has 0 aromatic rings. The molecule has 1 N–H and O–H groups in total. The number of nitrogens with one attached hydrogen (secondary N) is 1. The molecule has 0 fully saturated rings. The number of ether oxygens (including phenoxy) is 2. The van der Waals surface area contributed by atoms with Gasteiger partial charge < -0.3 is 9.47 Å². The summed E-state index contributed by atoms with van der Waals surface area (Å²) in [5.41, 5.74) is 0. The van der Waals surface area contributed by atoms with E-state index in [1.807, 2.05) is 13.8 Å². The SMILES string of the molecule is CCC(C)OC(=O)/N=C(\C)NC(=O)OC(C)CC.Cl. The molecule has 0 saturated heterocycles. The third-order valence-electron chi connectivity index (χ3n) is 2.30. The molecule has 0 aromatic heterocycles. The van der Waals surface area contributed by atoms with E-state index in [-0.39, 0.29) is 30.5 Å². The summed E-state index contributed by atoms with van der Waals surface area (Å²) in [6, 6.07) is 0. The molecule has 0 rings (SSSR count). The fraction of sp³-hybridized carbons (Fsp3) is 0.750. The van der Waals surface area contributed by atoms with E-state index in [1.54, 1.807) is 13.8 Å². The van der Waals surface area contributed by atoms with Crippen molar-refractivity contribution < 1.29 is 19.1 Å². The monoisotopic (exact) mass is 294 g/mol. The van der Waals surface area contributed by atoms with E-state index in [4.69, 9.17) is 9.47 Å². The maximum absolute atomic E-state index is 11.3. The predicted octanol–water partition coefficient (Wildman–Crippen LogP) is 3.29. The minimum absolute atomic E-state index is 0. The van der Waals surface area contributed by atoms with Gasteiger partial charge in [0.15, 0.2) is 0 Å². The fourth-order valence-electron chi connectivity index (χ4n) is 0.890. The molecule has 2 amide bonds. The number of amidine groups is 1. The molecule has 0 bridgehead atoms. The molecular formula is C12H23ClN2O4. The second kappa shape index (κ2) is 10.6. The number of rotatable bonds is 4. The van der Waals surface area contributed by atoms with Crippen molar-refractivity contribution in [2.45, 2.75) is 59.7 Å². The molecule has 0 aliphatic heterocycles. The Kier molecular flexibility index (Phi) is 11.2. The smallest absolute Gasteiger partial charge is 0.435 e. The van der Waals surface area contributed by atoms with E-state index in [2.05, 4.69) is 10.3 Å². The Morgan fingerprint density at radius 2 is 1.58 bits per heavy atom. The lowest BCUT2D eigenvalue weighted by atomic mass is 10.3. The molecule has 7 heteroatoms. The van der Waals surface area contributed by atoms with Crippen LogP contribution in [-0.4, -0.2) is 30.2 Å². The van der Waals surface area contributed by atoms with Crippen LogP contribution in [0.25, 0.3) is 0 Å². The van der Waals surface area contributed by atoms with Crippen LogP contribution in [-0.2, 0) is 9.47 Å². The van der Waals surface area contributed by atoms with E-state index in [0.717, 1.165) is 6.42 Å². The molecule has 6 nitrogen and oxygen atoms in total. The Hall–Kier alpha value is -1.30. The summed E-state index contributed by atoms with van der Waals surface area (Å²) in [6.07, 6.45) is -0.276. The molecule has 0 heterocycles. The maximum Gasteiger partial charge on any atom is 0.435 e. The lowest BCUT2D eigenvalue weighted by Crippen LogP contribution is -2.32. The lowest BCUT2D eigenvalue weighted by Gasteiger charge is -2.11. The van der Waals surface area contributed by atoms with Gasteiger partial charge in [0, 0.05) is 0 Å². The average molecular weight is 295 g/mol. The second-order valence-electron chi connectivity index (χ2n) is 4.05. The Morgan fingerprint density at radius 1 is 1.11 bits per heavy atom. The first-order chi connectivity index (χ1) is 8.38. The molecule has 2 atom stereocenters. The van der Waals surface area contributed by atoms with E-state index >= 15 is 0 Å². The fourth-order valence-corrected chi connectivity index (χ4v) is 0.890. The standard InChI is InChI=1S/C12H22N2O4.ClH/c1-6-8(3)17-11(15)13-10(5)14-12(16)18-9(4)7-2;/h8-9H,6-7H2,1-5H3,(H,13,14,15,16);1H. The van der Waals surface area contributed by atoms with Crippen LogP contribution in [0, 0.1) is 0 Å². The maximum atomic E-state index is 11.3. The zero-order valence-electron chi connectivity index (χ0n) is 12.1. The van der Waals surface area contributed by atoms with Crippen molar-refractivity contribution in [3.8, 4) is 0 Å². The number of hydrogen-bond donors (Lipinski definition) is 1. The number of carbonyl (C=O) groups excluding carboxylic acids is 2. The van der Waals surface area contributed by atoms with Crippen LogP contribution >= 0.6 is 12.4 Å². The molecular weight excluding hydrogens is 272 g/mol. The third kappa shape index (κ3) is 10.3. The highest BCUT2D eigenvalue weighted by Gasteiger charge is 2.10. The molecule has 0 aliphatic rings. The van der Waals surface area contributed by atoms with Gasteiger partial charge in [-0.25, -0.2) is 9.59 Å². The van der Waals surface area contributed by atoms with Gasteiger partial charge in [0.05, 0.1) is 0 Å². The summed E-state index contributed by atoms with van der Waals surface area (Å²) in [7, 11) is 0. The van der Waals surface area contributed by atoms with E-state index in [9.17, 15) is 9.59 Å². The van der Waals surface area contributed by atoms with Crippen molar-refractivity contribution in [3.05, 3.63) is 0 Å². The van der Waals surface area contributed by atoms with E-state index in [0.29, 0.717) is 6.42 Å². The molecule has 112 valence electrons. The van der Waals surface area contributed by atoms with Gasteiger partial charge in [-0.3, -0.25) is 5.32 Å². The second-order valence-corrected chi connectivity index (χ2v) is 4.05. The first kappa shape index (κ1) is 20.0. The predicted molar refractivity (Wildman–Crippen MR) is 76.0 cm³/mol. The van der Waals surface area contributed by atoms with Gasteiger partial charge in [0.2, 0.25) is 0 Å². The highest BCUT2D eigenvalue weighted by Crippen LogP contribution is 1.99. The van der Waals surface area contributed by atoms with Crippen LogP contribution in [0.15, 0.2) is 4.99 Å². The van der Waals surface area contributed by atoms with Crippen LogP contribution in [0.5, 0.6) is 0 Å². The average Bonchev–Trinajstić information content (AvgIpc) is 2.27. The topological polar surface area (TPSA) is 77.0 Å². The van der Waals surface area contributed by atoms with Crippen molar-refractivity contribution in [1.82, 2.24) is 5.32 Å². The molecule has 0 aromatic carbocycles. The summed E-state index contributed by atoms with van der Waals surface area (Å²) in [5, 5.41) is 2.36. The van der Waals surface area contributed by atoms with Crippen LogP contribution in [0.1, 0.15) is 47.5 Å². The van der Waals surface area contributed by atoms with Gasteiger partial charge in [-0.15, -0.1) is 12.4 Å². The number of hydrogen-bond acceptors (Lipinski definition) is 4. The molecule has 0 saturated carbocycles. The molecule has 2 unspecified atom stereocenters. The van der Waals surface area contributed by atoms with Crippen LogP contribution in [0.3, 0.4) is 0 Å². The molecule has 0 aliphatic carbocycles. The quantitative estimate of drug-likeness (QED) is 0.637. The highest BCUT2D eigenvalue weighted by atomic mass is 35.5.